The summed E-state index contributed by atoms with van der Waals surface area (Å²) in [5, 5.41) is 18.1. The van der Waals surface area contributed by atoms with Gasteiger partial charge in [0, 0.05) is 0 Å². The molecule has 0 spiro atoms. The van der Waals surface area contributed by atoms with Crippen LogP contribution in [0.3, 0.4) is 0 Å². The Balaban J connectivity index is 2.89. The Morgan fingerprint density at radius 3 is 2.60 bits per heavy atom. The van der Waals surface area contributed by atoms with E-state index in [2.05, 4.69) is 20.0 Å². The van der Waals surface area contributed by atoms with Gasteiger partial charge in [0.2, 0.25) is 0 Å². The van der Waals surface area contributed by atoms with Crippen molar-refractivity contribution >= 4 is 0 Å². The maximum Gasteiger partial charge on any atom is 0.0880 e. The van der Waals surface area contributed by atoms with Crippen molar-refractivity contribution in [3.05, 3.63) is 0 Å². The number of hydrogen-bond donors (Lipinski definition) is 1. The summed E-state index contributed by atoms with van der Waals surface area (Å²) < 4.78 is 0. The first-order chi connectivity index (χ1) is 4.81. The van der Waals surface area contributed by atoms with Gasteiger partial charge in [0.15, 0.2) is 0 Å². The van der Waals surface area contributed by atoms with Crippen LogP contribution in [-0.2, 0) is 20.0 Å². The molecule has 0 saturated heterocycles. The highest BCUT2D eigenvalue weighted by Gasteiger charge is 1.98. The van der Waals surface area contributed by atoms with Crippen LogP contribution in [0.25, 0.3) is 0 Å². The van der Waals surface area contributed by atoms with Gasteiger partial charge in [-0.25, -0.2) is 10.1 Å². The maximum absolute atomic E-state index is 7.56. The van der Waals surface area contributed by atoms with Crippen molar-refractivity contribution < 1.29 is 25.3 Å². The average molecular weight is 152 g/mol. The second-order valence-corrected chi connectivity index (χ2v) is 2.01. The molecule has 5 heteroatoms. The summed E-state index contributed by atoms with van der Waals surface area (Å²) in [6.45, 7) is 4.42. The Bertz CT molecular complexity index is 67.1. The molecule has 1 unspecified atom stereocenters. The lowest BCUT2D eigenvalue weighted by atomic mass is 10.1. The third-order valence-electron chi connectivity index (χ3n) is 1.16. The van der Waals surface area contributed by atoms with E-state index in [1.165, 1.54) is 0 Å². The molecule has 0 saturated carbocycles. The van der Waals surface area contributed by atoms with Crippen LogP contribution in [0.1, 0.15) is 20.3 Å². The van der Waals surface area contributed by atoms with Crippen molar-refractivity contribution in [3.8, 4) is 0 Å². The summed E-state index contributed by atoms with van der Waals surface area (Å²) in [5.41, 5.74) is 0. The lowest BCUT2D eigenvalue weighted by molar-refractivity contribution is -0.702. The third-order valence-corrected chi connectivity index (χ3v) is 1.16. The van der Waals surface area contributed by atoms with Crippen molar-refractivity contribution in [1.82, 2.24) is 0 Å². The van der Waals surface area contributed by atoms with E-state index in [-0.39, 0.29) is 0 Å². The standard InChI is InChI=1S/C5H12O5/c1-3-5(2)4-7-9-10-8-6/h5-6H,3-4H2,1-2H3. The fraction of sp³-hybridized carbons (Fsp3) is 1.00. The van der Waals surface area contributed by atoms with Gasteiger partial charge < -0.3 is 0 Å². The quantitative estimate of drug-likeness (QED) is 0.353. The van der Waals surface area contributed by atoms with E-state index in [1.807, 2.05) is 13.8 Å². The molecule has 5 nitrogen and oxygen atoms in total. The van der Waals surface area contributed by atoms with Gasteiger partial charge in [-0.1, -0.05) is 20.3 Å². The first kappa shape index (κ1) is 9.80. The molecule has 1 N–H and O–H groups in total. The first-order valence-corrected chi connectivity index (χ1v) is 3.07. The number of hydrogen-bond acceptors (Lipinski definition) is 5. The molecular formula is C5H12O5. The summed E-state index contributed by atoms with van der Waals surface area (Å²) in [6, 6.07) is 0. The van der Waals surface area contributed by atoms with Gasteiger partial charge in [0.1, 0.15) is 0 Å². The summed E-state index contributed by atoms with van der Waals surface area (Å²) >= 11 is 0. The molecule has 0 aromatic heterocycles. The fourth-order valence-electron chi connectivity index (χ4n) is 0.294. The van der Waals surface area contributed by atoms with Crippen LogP contribution in [0.4, 0.5) is 0 Å². The Morgan fingerprint density at radius 2 is 2.10 bits per heavy atom. The Kier molecular flexibility index (Phi) is 6.78. The van der Waals surface area contributed by atoms with Crippen LogP contribution in [0.15, 0.2) is 0 Å². The Labute approximate surface area is 59.2 Å². The minimum Gasteiger partial charge on any atom is -0.219 e. The smallest absolute Gasteiger partial charge is 0.0880 e. The zero-order valence-corrected chi connectivity index (χ0v) is 6.07. The monoisotopic (exact) mass is 152 g/mol. The second-order valence-electron chi connectivity index (χ2n) is 2.01. The molecule has 0 fully saturated rings. The van der Waals surface area contributed by atoms with Crippen molar-refractivity contribution in [1.29, 1.82) is 0 Å². The van der Waals surface area contributed by atoms with E-state index in [4.69, 9.17) is 5.26 Å². The van der Waals surface area contributed by atoms with Gasteiger partial charge in [-0.2, -0.15) is 0 Å². The van der Waals surface area contributed by atoms with Crippen molar-refractivity contribution in [3.63, 3.8) is 0 Å². The minimum absolute atomic E-state index is 0.391. The zero-order valence-electron chi connectivity index (χ0n) is 6.07. The van der Waals surface area contributed by atoms with E-state index < -0.39 is 0 Å². The highest BCUT2D eigenvalue weighted by Crippen LogP contribution is 2.00. The van der Waals surface area contributed by atoms with Gasteiger partial charge in [0.25, 0.3) is 0 Å². The van der Waals surface area contributed by atoms with Crippen LogP contribution in [0.2, 0.25) is 0 Å². The lowest BCUT2D eigenvalue weighted by Gasteiger charge is -2.04. The first-order valence-electron chi connectivity index (χ1n) is 3.07. The van der Waals surface area contributed by atoms with E-state index in [0.717, 1.165) is 6.42 Å². The average Bonchev–Trinajstić information content (AvgIpc) is 1.98. The van der Waals surface area contributed by atoms with Gasteiger partial charge in [-0.15, -0.1) is 0 Å². The molecule has 62 valence electrons. The van der Waals surface area contributed by atoms with Crippen molar-refractivity contribution in [2.45, 2.75) is 20.3 Å². The van der Waals surface area contributed by atoms with Crippen molar-refractivity contribution in [2.75, 3.05) is 6.61 Å². The normalized spacial score (nSPS) is 13.5. The molecule has 0 aliphatic rings. The molecule has 0 rings (SSSR count). The van der Waals surface area contributed by atoms with Gasteiger partial charge >= 0.3 is 0 Å². The molecule has 0 aliphatic carbocycles. The van der Waals surface area contributed by atoms with Crippen LogP contribution in [0.5, 0.6) is 0 Å². The predicted octanol–water partition coefficient (Wildman–Crippen LogP) is 1.32. The molecule has 0 bridgehead atoms. The largest absolute Gasteiger partial charge is 0.219 e. The molecule has 0 amide bonds. The van der Waals surface area contributed by atoms with Gasteiger partial charge in [0.05, 0.1) is 6.61 Å². The fourth-order valence-corrected chi connectivity index (χ4v) is 0.294. The maximum atomic E-state index is 7.56. The van der Waals surface area contributed by atoms with Gasteiger partial charge in [-0.05, 0) is 21.0 Å². The van der Waals surface area contributed by atoms with Crippen LogP contribution in [-0.4, -0.2) is 11.9 Å². The highest BCUT2D eigenvalue weighted by atomic mass is 17.8. The lowest BCUT2D eigenvalue weighted by Crippen LogP contribution is -2.05. The third kappa shape index (κ3) is 5.93. The molecule has 10 heavy (non-hydrogen) atoms. The van der Waals surface area contributed by atoms with Gasteiger partial charge in [-0.3, -0.25) is 0 Å². The predicted molar refractivity (Wildman–Crippen MR) is 31.3 cm³/mol. The topological polar surface area (TPSA) is 57.2 Å². The molecule has 0 radical (unpaired) electrons. The Hall–Kier alpha value is -0.200. The summed E-state index contributed by atoms with van der Waals surface area (Å²) in [4.78, 5) is 4.42. The van der Waals surface area contributed by atoms with E-state index in [0.29, 0.717) is 12.5 Å². The molecule has 0 heterocycles. The Morgan fingerprint density at radius 1 is 1.40 bits per heavy atom. The highest BCUT2D eigenvalue weighted by molar-refractivity contribution is 4.42. The van der Waals surface area contributed by atoms with Crippen LogP contribution >= 0.6 is 0 Å². The SMILES string of the molecule is CCC(C)COOOOO. The minimum atomic E-state index is 0.391. The number of rotatable bonds is 6. The molecule has 0 aromatic rings. The second kappa shape index (κ2) is 6.91. The molecule has 0 aliphatic heterocycles. The van der Waals surface area contributed by atoms with E-state index in [9.17, 15) is 0 Å². The summed E-state index contributed by atoms with van der Waals surface area (Å²) in [6.07, 6.45) is 0.989. The molecule has 1 atom stereocenters. The molecule has 0 aromatic carbocycles. The summed E-state index contributed by atoms with van der Waals surface area (Å²) in [5.74, 6) is 0.391. The zero-order chi connectivity index (χ0) is 7.82. The van der Waals surface area contributed by atoms with Crippen molar-refractivity contribution in [2.24, 2.45) is 5.92 Å². The summed E-state index contributed by atoms with van der Waals surface area (Å²) in [7, 11) is 0. The molecular weight excluding hydrogens is 140 g/mol. The van der Waals surface area contributed by atoms with E-state index in [1.54, 1.807) is 0 Å². The van der Waals surface area contributed by atoms with E-state index >= 15 is 0 Å². The van der Waals surface area contributed by atoms with Crippen LogP contribution in [0, 0.1) is 5.92 Å². The van der Waals surface area contributed by atoms with Crippen LogP contribution < -0.4 is 0 Å².